The molecule has 3 rings (SSSR count). The fourth-order valence-electron chi connectivity index (χ4n) is 2.15. The number of carbonyl (C=O) groups excluding carboxylic acids is 2. The van der Waals surface area contributed by atoms with E-state index in [2.05, 4.69) is 15.0 Å². The lowest BCUT2D eigenvalue weighted by Crippen LogP contribution is -2.52. The molecule has 0 aromatic carbocycles. The lowest BCUT2D eigenvalue weighted by Gasteiger charge is -2.32. The molecular formula is C13H12FN5O2S. The third kappa shape index (κ3) is 2.67. The van der Waals surface area contributed by atoms with Gasteiger partial charge < -0.3 is 4.90 Å². The number of hydrogen-bond donors (Lipinski definition) is 0. The van der Waals surface area contributed by atoms with Gasteiger partial charge >= 0.3 is 0 Å². The van der Waals surface area contributed by atoms with Crippen LogP contribution in [0.1, 0.15) is 15.4 Å². The van der Waals surface area contributed by atoms with Crippen LogP contribution in [0.4, 0.5) is 10.3 Å². The zero-order valence-electron chi connectivity index (χ0n) is 11.7. The second-order valence-corrected chi connectivity index (χ2v) is 5.60. The first kappa shape index (κ1) is 14.5. The van der Waals surface area contributed by atoms with Gasteiger partial charge in [0.2, 0.25) is 11.9 Å². The summed E-state index contributed by atoms with van der Waals surface area (Å²) in [5.41, 5.74) is 2.26. The highest BCUT2D eigenvalue weighted by Gasteiger charge is 2.31. The first-order chi connectivity index (χ1) is 10.6. The topological polar surface area (TPSA) is 79.3 Å². The molecule has 3 heterocycles. The minimum Gasteiger partial charge on any atom is -0.327 e. The average molecular weight is 321 g/mol. The van der Waals surface area contributed by atoms with E-state index in [1.54, 1.807) is 12.4 Å². The number of nitrogens with zero attached hydrogens (tertiary/aromatic N) is 5. The van der Waals surface area contributed by atoms with Gasteiger partial charge in [-0.2, -0.15) is 0 Å². The van der Waals surface area contributed by atoms with Crippen LogP contribution < -0.4 is 4.90 Å². The van der Waals surface area contributed by atoms with Crippen molar-refractivity contribution in [1.29, 1.82) is 0 Å². The summed E-state index contributed by atoms with van der Waals surface area (Å²) in [6.07, 6.45) is 2.02. The van der Waals surface area contributed by atoms with Crippen molar-refractivity contribution in [2.75, 3.05) is 24.5 Å². The maximum atomic E-state index is 12.8. The molecule has 2 aromatic heterocycles. The fraction of sp³-hybridized carbons (Fsp3) is 0.308. The van der Waals surface area contributed by atoms with E-state index in [4.69, 9.17) is 0 Å². The van der Waals surface area contributed by atoms with E-state index in [9.17, 15) is 14.0 Å². The minimum atomic E-state index is -0.564. The fourth-order valence-corrected chi connectivity index (χ4v) is 2.92. The molecule has 2 aromatic rings. The summed E-state index contributed by atoms with van der Waals surface area (Å²) >= 11 is 1.26. The molecule has 114 valence electrons. The molecule has 1 saturated heterocycles. The predicted molar refractivity (Wildman–Crippen MR) is 77.1 cm³/mol. The van der Waals surface area contributed by atoms with E-state index in [0.717, 1.165) is 12.4 Å². The van der Waals surface area contributed by atoms with E-state index in [1.807, 2.05) is 0 Å². The lowest BCUT2D eigenvalue weighted by atomic mass is 10.2. The van der Waals surface area contributed by atoms with E-state index < -0.39 is 5.82 Å². The van der Waals surface area contributed by atoms with Gasteiger partial charge in [-0.1, -0.05) is 0 Å². The number of amides is 2. The number of anilines is 1. The van der Waals surface area contributed by atoms with Crippen molar-refractivity contribution in [1.82, 2.24) is 19.9 Å². The van der Waals surface area contributed by atoms with Crippen LogP contribution in [0.25, 0.3) is 0 Å². The first-order valence-electron chi connectivity index (χ1n) is 6.53. The number of aromatic nitrogens is 3. The molecule has 1 aliphatic heterocycles. The Balaban J connectivity index is 1.72. The number of carbonyl (C=O) groups is 2. The van der Waals surface area contributed by atoms with E-state index in [-0.39, 0.29) is 30.9 Å². The van der Waals surface area contributed by atoms with Crippen molar-refractivity contribution in [3.05, 3.63) is 34.3 Å². The van der Waals surface area contributed by atoms with Crippen molar-refractivity contribution in [2.45, 2.75) is 6.92 Å². The molecule has 0 radical (unpaired) electrons. The number of piperazine rings is 1. The van der Waals surface area contributed by atoms with Gasteiger partial charge in [-0.15, -0.1) is 11.3 Å². The number of thiazole rings is 1. The molecular weight excluding hydrogens is 309 g/mol. The molecule has 0 atom stereocenters. The Labute approximate surface area is 129 Å². The Morgan fingerprint density at radius 3 is 2.59 bits per heavy atom. The van der Waals surface area contributed by atoms with E-state index in [0.29, 0.717) is 17.1 Å². The standard InChI is InChI=1S/C13H12FN5O2S/c1-8-11(22-7-17-8)12(21)18-2-3-19(10(20)6-18)13-15-4-9(14)5-16-13/h4-5,7H,2-3,6H2,1H3. The highest BCUT2D eigenvalue weighted by molar-refractivity contribution is 7.11. The molecule has 0 unspecified atom stereocenters. The molecule has 0 saturated carbocycles. The molecule has 9 heteroatoms. The molecule has 1 aliphatic rings. The van der Waals surface area contributed by atoms with Crippen molar-refractivity contribution < 1.29 is 14.0 Å². The monoisotopic (exact) mass is 321 g/mol. The molecule has 7 nitrogen and oxygen atoms in total. The van der Waals surface area contributed by atoms with Crippen LogP contribution in [-0.2, 0) is 4.79 Å². The normalized spacial score (nSPS) is 15.3. The number of hydrogen-bond acceptors (Lipinski definition) is 6. The van der Waals surface area contributed by atoms with Gasteiger partial charge in [-0.3, -0.25) is 14.5 Å². The van der Waals surface area contributed by atoms with Gasteiger partial charge in [0.15, 0.2) is 5.82 Å². The van der Waals surface area contributed by atoms with Crippen LogP contribution in [0.15, 0.2) is 17.9 Å². The molecule has 0 aliphatic carbocycles. The Hall–Kier alpha value is -2.42. The maximum Gasteiger partial charge on any atom is 0.266 e. The van der Waals surface area contributed by atoms with Crippen LogP contribution in [0.5, 0.6) is 0 Å². The Kier molecular flexibility index (Phi) is 3.80. The van der Waals surface area contributed by atoms with Crippen LogP contribution in [0.3, 0.4) is 0 Å². The second-order valence-electron chi connectivity index (χ2n) is 4.74. The molecule has 0 bridgehead atoms. The second kappa shape index (κ2) is 5.76. The maximum absolute atomic E-state index is 12.8. The minimum absolute atomic E-state index is 0.0586. The highest BCUT2D eigenvalue weighted by Crippen LogP contribution is 2.18. The number of halogens is 1. The van der Waals surface area contributed by atoms with E-state index >= 15 is 0 Å². The van der Waals surface area contributed by atoms with Crippen LogP contribution in [0.2, 0.25) is 0 Å². The quantitative estimate of drug-likeness (QED) is 0.820. The van der Waals surface area contributed by atoms with E-state index in [1.165, 1.54) is 21.1 Å². The van der Waals surface area contributed by atoms with Gasteiger partial charge in [-0.05, 0) is 6.92 Å². The first-order valence-corrected chi connectivity index (χ1v) is 7.41. The number of aryl methyl sites for hydroxylation is 1. The lowest BCUT2D eigenvalue weighted by molar-refractivity contribution is -0.120. The van der Waals surface area contributed by atoms with Gasteiger partial charge in [0, 0.05) is 13.1 Å². The van der Waals surface area contributed by atoms with Gasteiger partial charge in [0.25, 0.3) is 5.91 Å². The van der Waals surface area contributed by atoms with Gasteiger partial charge in [-0.25, -0.2) is 19.3 Å². The third-order valence-corrected chi connectivity index (χ3v) is 4.21. The Morgan fingerprint density at radius 1 is 1.27 bits per heavy atom. The number of rotatable bonds is 2. The smallest absolute Gasteiger partial charge is 0.266 e. The molecule has 2 amide bonds. The highest BCUT2D eigenvalue weighted by atomic mass is 32.1. The Bertz CT molecular complexity index is 717. The zero-order chi connectivity index (χ0) is 15.7. The van der Waals surface area contributed by atoms with Crippen LogP contribution in [-0.4, -0.2) is 51.3 Å². The predicted octanol–water partition coefficient (Wildman–Crippen LogP) is 0.870. The van der Waals surface area contributed by atoms with Gasteiger partial charge in [0.05, 0.1) is 23.6 Å². The molecule has 1 fully saturated rings. The summed E-state index contributed by atoms with van der Waals surface area (Å²) < 4.78 is 12.8. The van der Waals surface area contributed by atoms with Crippen molar-refractivity contribution in [3.63, 3.8) is 0 Å². The zero-order valence-corrected chi connectivity index (χ0v) is 12.5. The summed E-state index contributed by atoms with van der Waals surface area (Å²) in [5.74, 6) is -0.917. The van der Waals surface area contributed by atoms with Crippen LogP contribution >= 0.6 is 11.3 Å². The average Bonchev–Trinajstić information content (AvgIpc) is 2.93. The van der Waals surface area contributed by atoms with Crippen molar-refractivity contribution in [3.8, 4) is 0 Å². The summed E-state index contributed by atoms with van der Waals surface area (Å²) in [6, 6.07) is 0. The largest absolute Gasteiger partial charge is 0.327 e. The summed E-state index contributed by atoms with van der Waals surface area (Å²) in [6.45, 7) is 2.34. The molecule has 0 spiro atoms. The van der Waals surface area contributed by atoms with Crippen LogP contribution in [0, 0.1) is 12.7 Å². The summed E-state index contributed by atoms with van der Waals surface area (Å²) in [4.78, 5) is 39.6. The molecule has 22 heavy (non-hydrogen) atoms. The SMILES string of the molecule is Cc1ncsc1C(=O)N1CCN(c2ncc(F)cn2)C(=O)C1. The van der Waals surface area contributed by atoms with Gasteiger partial charge in [0.1, 0.15) is 11.4 Å². The summed E-state index contributed by atoms with van der Waals surface area (Å²) in [7, 11) is 0. The summed E-state index contributed by atoms with van der Waals surface area (Å²) in [5, 5.41) is 0. The third-order valence-electron chi connectivity index (χ3n) is 3.30. The van der Waals surface area contributed by atoms with Crippen molar-refractivity contribution >= 4 is 29.1 Å². The Morgan fingerprint density at radius 2 is 2.00 bits per heavy atom. The molecule has 0 N–H and O–H groups in total. The van der Waals surface area contributed by atoms with Crippen molar-refractivity contribution in [2.24, 2.45) is 0 Å².